The highest BCUT2D eigenvalue weighted by Crippen LogP contribution is 2.26. The molecule has 2 N–H and O–H groups in total. The quantitative estimate of drug-likeness (QED) is 0.887. The van der Waals surface area contributed by atoms with Crippen molar-refractivity contribution in [1.29, 1.82) is 0 Å². The van der Waals surface area contributed by atoms with Gasteiger partial charge in [-0.25, -0.2) is 4.79 Å². The standard InChI is InChI=1S/C16H14BrNO3/c1-10-4-2-5-11(8-10)9-14(19)18-15-12(16(20)21)6-3-7-13(15)17/h2-8H,9H2,1H3,(H,18,19)(H,20,21). The number of amides is 1. The summed E-state index contributed by atoms with van der Waals surface area (Å²) in [6.45, 7) is 1.96. The molecule has 0 aliphatic heterocycles. The predicted octanol–water partition coefficient (Wildman–Crippen LogP) is 3.64. The van der Waals surface area contributed by atoms with Crippen LogP contribution < -0.4 is 5.32 Å². The van der Waals surface area contributed by atoms with Gasteiger partial charge in [0.25, 0.3) is 0 Å². The Morgan fingerprint density at radius 3 is 2.57 bits per heavy atom. The minimum atomic E-state index is -1.08. The molecule has 0 aliphatic rings. The number of rotatable bonds is 4. The SMILES string of the molecule is Cc1cccc(CC(=O)Nc2c(Br)cccc2C(=O)O)c1. The summed E-state index contributed by atoms with van der Waals surface area (Å²) in [7, 11) is 0. The van der Waals surface area contributed by atoms with E-state index >= 15 is 0 Å². The predicted molar refractivity (Wildman–Crippen MR) is 84.6 cm³/mol. The van der Waals surface area contributed by atoms with E-state index in [9.17, 15) is 9.59 Å². The van der Waals surface area contributed by atoms with E-state index in [-0.39, 0.29) is 23.6 Å². The molecule has 0 heterocycles. The lowest BCUT2D eigenvalue weighted by Crippen LogP contribution is -2.17. The van der Waals surface area contributed by atoms with E-state index in [1.807, 2.05) is 31.2 Å². The topological polar surface area (TPSA) is 66.4 Å². The summed E-state index contributed by atoms with van der Waals surface area (Å²) in [5.74, 6) is -1.34. The molecular weight excluding hydrogens is 334 g/mol. The highest BCUT2D eigenvalue weighted by Gasteiger charge is 2.15. The molecular formula is C16H14BrNO3. The van der Waals surface area contributed by atoms with Crippen molar-refractivity contribution in [2.24, 2.45) is 0 Å². The van der Waals surface area contributed by atoms with E-state index in [1.165, 1.54) is 6.07 Å². The second-order valence-electron chi connectivity index (χ2n) is 4.68. The largest absolute Gasteiger partial charge is 0.478 e. The average Bonchev–Trinajstić information content (AvgIpc) is 2.40. The molecule has 0 saturated carbocycles. The number of aromatic carboxylic acids is 1. The molecule has 0 spiro atoms. The van der Waals surface area contributed by atoms with Crippen LogP contribution in [0.25, 0.3) is 0 Å². The zero-order chi connectivity index (χ0) is 15.4. The van der Waals surface area contributed by atoms with Gasteiger partial charge in [0, 0.05) is 4.47 Å². The molecule has 2 rings (SSSR count). The molecule has 2 aromatic carbocycles. The van der Waals surface area contributed by atoms with Crippen LogP contribution in [0.5, 0.6) is 0 Å². The summed E-state index contributed by atoms with van der Waals surface area (Å²) in [6, 6.07) is 12.4. The Bertz CT molecular complexity index is 698. The van der Waals surface area contributed by atoms with Gasteiger partial charge < -0.3 is 10.4 Å². The highest BCUT2D eigenvalue weighted by molar-refractivity contribution is 9.10. The zero-order valence-corrected chi connectivity index (χ0v) is 13.0. The van der Waals surface area contributed by atoms with Gasteiger partial charge in [-0.3, -0.25) is 4.79 Å². The average molecular weight is 348 g/mol. The van der Waals surface area contributed by atoms with Gasteiger partial charge in [0.15, 0.2) is 0 Å². The Morgan fingerprint density at radius 2 is 1.90 bits per heavy atom. The van der Waals surface area contributed by atoms with Crippen LogP contribution in [0.4, 0.5) is 5.69 Å². The van der Waals surface area contributed by atoms with Crippen LogP contribution in [0.3, 0.4) is 0 Å². The third kappa shape index (κ3) is 3.92. The number of nitrogens with one attached hydrogen (secondary N) is 1. The molecule has 0 fully saturated rings. The zero-order valence-electron chi connectivity index (χ0n) is 11.4. The van der Waals surface area contributed by atoms with Crippen LogP contribution >= 0.6 is 15.9 Å². The minimum absolute atomic E-state index is 0.0574. The van der Waals surface area contributed by atoms with Crippen LogP contribution in [0, 0.1) is 6.92 Å². The normalized spacial score (nSPS) is 10.2. The summed E-state index contributed by atoms with van der Waals surface area (Å²) in [6.07, 6.45) is 0.197. The molecule has 21 heavy (non-hydrogen) atoms. The Kier molecular flexibility index (Phi) is 4.75. The Balaban J connectivity index is 2.18. The first kappa shape index (κ1) is 15.3. The number of hydrogen-bond donors (Lipinski definition) is 2. The molecule has 5 heteroatoms. The third-order valence-corrected chi connectivity index (χ3v) is 3.62. The second-order valence-corrected chi connectivity index (χ2v) is 5.54. The lowest BCUT2D eigenvalue weighted by molar-refractivity contribution is -0.115. The molecule has 0 atom stereocenters. The van der Waals surface area contributed by atoms with Gasteiger partial charge in [-0.05, 0) is 40.5 Å². The number of carboxylic acids is 1. The van der Waals surface area contributed by atoms with E-state index < -0.39 is 5.97 Å². The van der Waals surface area contributed by atoms with E-state index in [1.54, 1.807) is 12.1 Å². The van der Waals surface area contributed by atoms with Crippen molar-refractivity contribution in [3.05, 3.63) is 63.6 Å². The number of para-hydroxylation sites is 1. The monoisotopic (exact) mass is 347 g/mol. The fourth-order valence-corrected chi connectivity index (χ4v) is 2.49. The maximum absolute atomic E-state index is 12.1. The van der Waals surface area contributed by atoms with Crippen molar-refractivity contribution in [2.45, 2.75) is 13.3 Å². The molecule has 108 valence electrons. The number of carbonyl (C=O) groups excluding carboxylic acids is 1. The van der Waals surface area contributed by atoms with Crippen molar-refractivity contribution in [1.82, 2.24) is 0 Å². The number of aryl methyl sites for hydroxylation is 1. The fourth-order valence-electron chi connectivity index (χ4n) is 2.02. The first-order valence-electron chi connectivity index (χ1n) is 6.34. The number of benzene rings is 2. The van der Waals surface area contributed by atoms with Gasteiger partial charge in [-0.2, -0.15) is 0 Å². The van der Waals surface area contributed by atoms with Gasteiger partial charge in [0.1, 0.15) is 0 Å². The highest BCUT2D eigenvalue weighted by atomic mass is 79.9. The molecule has 0 bridgehead atoms. The number of halogens is 1. The van der Waals surface area contributed by atoms with Crippen LogP contribution in [-0.4, -0.2) is 17.0 Å². The number of carbonyl (C=O) groups is 2. The number of hydrogen-bond acceptors (Lipinski definition) is 2. The molecule has 0 unspecified atom stereocenters. The maximum atomic E-state index is 12.1. The van der Waals surface area contributed by atoms with Crippen molar-refractivity contribution in [3.63, 3.8) is 0 Å². The van der Waals surface area contributed by atoms with Crippen molar-refractivity contribution < 1.29 is 14.7 Å². The first-order valence-corrected chi connectivity index (χ1v) is 7.14. The van der Waals surface area contributed by atoms with Crippen LogP contribution in [0.1, 0.15) is 21.5 Å². The van der Waals surface area contributed by atoms with Crippen LogP contribution in [0.2, 0.25) is 0 Å². The van der Waals surface area contributed by atoms with Crippen molar-refractivity contribution in [2.75, 3.05) is 5.32 Å². The third-order valence-electron chi connectivity index (χ3n) is 2.96. The molecule has 4 nitrogen and oxygen atoms in total. The number of carboxylic acid groups (broad SMARTS) is 1. The summed E-state index contributed by atoms with van der Waals surface area (Å²) < 4.78 is 0.542. The number of anilines is 1. The molecule has 0 saturated heterocycles. The van der Waals surface area contributed by atoms with E-state index in [2.05, 4.69) is 21.2 Å². The maximum Gasteiger partial charge on any atom is 0.337 e. The smallest absolute Gasteiger partial charge is 0.337 e. The van der Waals surface area contributed by atoms with Gasteiger partial charge >= 0.3 is 5.97 Å². The summed E-state index contributed by atoms with van der Waals surface area (Å²) >= 11 is 3.26. The van der Waals surface area contributed by atoms with Gasteiger partial charge in [-0.1, -0.05) is 35.9 Å². The Hall–Kier alpha value is -2.14. The Morgan fingerprint density at radius 1 is 1.19 bits per heavy atom. The van der Waals surface area contributed by atoms with Crippen LogP contribution in [-0.2, 0) is 11.2 Å². The van der Waals surface area contributed by atoms with Crippen molar-refractivity contribution >= 4 is 33.5 Å². The lowest BCUT2D eigenvalue weighted by Gasteiger charge is -2.10. The molecule has 0 aliphatic carbocycles. The van der Waals surface area contributed by atoms with E-state index in [0.29, 0.717) is 4.47 Å². The summed E-state index contributed by atoms with van der Waals surface area (Å²) in [5.41, 5.74) is 2.30. The molecule has 2 aromatic rings. The van der Waals surface area contributed by atoms with Gasteiger partial charge in [0.05, 0.1) is 17.7 Å². The van der Waals surface area contributed by atoms with Gasteiger partial charge in [0.2, 0.25) is 5.91 Å². The minimum Gasteiger partial charge on any atom is -0.478 e. The lowest BCUT2D eigenvalue weighted by atomic mass is 10.1. The second kappa shape index (κ2) is 6.54. The fraction of sp³-hybridized carbons (Fsp3) is 0.125. The molecule has 1 amide bonds. The summed E-state index contributed by atoms with van der Waals surface area (Å²) in [5, 5.41) is 11.8. The van der Waals surface area contributed by atoms with Gasteiger partial charge in [-0.15, -0.1) is 0 Å². The van der Waals surface area contributed by atoms with Crippen molar-refractivity contribution in [3.8, 4) is 0 Å². The summed E-state index contributed by atoms with van der Waals surface area (Å²) in [4.78, 5) is 23.3. The molecule has 0 aromatic heterocycles. The molecule has 0 radical (unpaired) electrons. The first-order chi connectivity index (χ1) is 9.97. The Labute approximate surface area is 130 Å². The van der Waals surface area contributed by atoms with Crippen LogP contribution in [0.15, 0.2) is 46.9 Å². The van der Waals surface area contributed by atoms with E-state index in [0.717, 1.165) is 11.1 Å². The van der Waals surface area contributed by atoms with E-state index in [4.69, 9.17) is 5.11 Å².